The van der Waals surface area contributed by atoms with Crippen molar-refractivity contribution in [2.24, 2.45) is 0 Å². The van der Waals surface area contributed by atoms with Crippen molar-refractivity contribution in [1.82, 2.24) is 19.2 Å². The van der Waals surface area contributed by atoms with Gasteiger partial charge < -0.3 is 24.3 Å². The van der Waals surface area contributed by atoms with Gasteiger partial charge in [0.2, 0.25) is 11.8 Å². The molecule has 2 aromatic carbocycles. The summed E-state index contributed by atoms with van der Waals surface area (Å²) in [7, 11) is -0.565. The van der Waals surface area contributed by atoms with Crippen molar-refractivity contribution in [3.8, 4) is 0 Å². The van der Waals surface area contributed by atoms with Crippen LogP contribution in [0.5, 0.6) is 0 Å². The van der Waals surface area contributed by atoms with E-state index >= 15 is 0 Å². The number of halogens is 1. The van der Waals surface area contributed by atoms with Crippen molar-refractivity contribution in [2.45, 2.75) is 36.4 Å². The molecule has 2 aliphatic rings. The first kappa shape index (κ1) is 28.2. The van der Waals surface area contributed by atoms with Crippen LogP contribution in [0.3, 0.4) is 0 Å². The summed E-state index contributed by atoms with van der Waals surface area (Å²) in [5, 5.41) is 1.84. The molecule has 0 radical (unpaired) electrons. The second-order valence-electron chi connectivity index (χ2n) is 9.67. The van der Waals surface area contributed by atoms with Crippen LogP contribution in [0.25, 0.3) is 10.8 Å². The molecule has 0 aliphatic carbocycles. The monoisotopic (exact) mass is 566 g/mol. The Kier molecular flexibility index (Phi) is 8.58. The molecule has 38 heavy (non-hydrogen) atoms. The van der Waals surface area contributed by atoms with E-state index in [4.69, 9.17) is 21.2 Å². The van der Waals surface area contributed by atoms with Crippen LogP contribution in [0.2, 0.25) is 5.02 Å². The molecule has 206 valence electrons. The van der Waals surface area contributed by atoms with Crippen molar-refractivity contribution in [1.29, 1.82) is 0 Å². The summed E-state index contributed by atoms with van der Waals surface area (Å²) < 4.78 is 33.2. The number of hydrogen-bond donors (Lipinski definition) is 0. The van der Waals surface area contributed by atoms with Crippen LogP contribution >= 0.6 is 11.6 Å². The number of morpholine rings is 1. The number of amides is 2. The molecular formula is C25H31ClN4O7S. The van der Waals surface area contributed by atoms with Gasteiger partial charge in [0, 0.05) is 31.2 Å². The number of benzene rings is 2. The predicted molar refractivity (Wildman–Crippen MR) is 140 cm³/mol. The van der Waals surface area contributed by atoms with E-state index in [-0.39, 0.29) is 36.3 Å². The van der Waals surface area contributed by atoms with Gasteiger partial charge in [0.05, 0.1) is 17.6 Å². The van der Waals surface area contributed by atoms with E-state index in [9.17, 15) is 22.8 Å². The van der Waals surface area contributed by atoms with Gasteiger partial charge in [-0.25, -0.2) is 8.42 Å². The third-order valence-corrected chi connectivity index (χ3v) is 8.66. The highest BCUT2D eigenvalue weighted by Crippen LogP contribution is 2.29. The lowest BCUT2D eigenvalue weighted by atomic mass is 10.1. The maximum atomic E-state index is 13.5. The maximum Gasteiger partial charge on any atom is 0.314 e. The lowest BCUT2D eigenvalue weighted by Gasteiger charge is -2.37. The van der Waals surface area contributed by atoms with E-state index < -0.39 is 28.0 Å². The smallest absolute Gasteiger partial charge is 0.314 e. The van der Waals surface area contributed by atoms with Crippen molar-refractivity contribution in [2.75, 3.05) is 46.9 Å². The molecule has 2 fully saturated rings. The quantitative estimate of drug-likeness (QED) is 0.330. The Morgan fingerprint density at radius 1 is 1.21 bits per heavy atom. The number of nitrogens with zero attached hydrogens (tertiary/aromatic N) is 4. The Labute approximate surface area is 226 Å². The number of carbonyl (C=O) groups is 3. The molecule has 0 aromatic heterocycles. The zero-order valence-electron chi connectivity index (χ0n) is 21.4. The van der Waals surface area contributed by atoms with E-state index in [1.165, 1.54) is 17.0 Å². The van der Waals surface area contributed by atoms with E-state index in [2.05, 4.69) is 0 Å². The van der Waals surface area contributed by atoms with Crippen LogP contribution in [0.1, 0.15) is 13.3 Å². The highest BCUT2D eigenvalue weighted by molar-refractivity contribution is 7.89. The summed E-state index contributed by atoms with van der Waals surface area (Å²) in [6.45, 7) is 3.57. The van der Waals surface area contributed by atoms with Crippen LogP contribution in [-0.4, -0.2) is 111 Å². The molecule has 13 heteroatoms. The number of likely N-dealkylation sites (N-methyl/N-ethyl adjacent to an activating group) is 1. The zero-order valence-corrected chi connectivity index (χ0v) is 23.0. The highest BCUT2D eigenvalue weighted by atomic mass is 35.5. The Morgan fingerprint density at radius 3 is 2.63 bits per heavy atom. The van der Waals surface area contributed by atoms with Gasteiger partial charge in [0.1, 0.15) is 12.1 Å². The van der Waals surface area contributed by atoms with Crippen LogP contribution in [0.4, 0.5) is 0 Å². The molecule has 2 heterocycles. The van der Waals surface area contributed by atoms with Crippen molar-refractivity contribution < 1.29 is 32.4 Å². The number of fused-ring (bicyclic) bond motifs is 1. The summed E-state index contributed by atoms with van der Waals surface area (Å²) in [5.74, 6) is -0.855. The minimum atomic E-state index is -4.41. The van der Waals surface area contributed by atoms with Gasteiger partial charge >= 0.3 is 6.47 Å². The molecule has 0 saturated carbocycles. The third kappa shape index (κ3) is 5.79. The summed E-state index contributed by atoms with van der Waals surface area (Å²) >= 11 is 6.02. The molecule has 2 aromatic rings. The standard InChI is InChI=1S/C25H31ClN4O7S/c1-17(24(32)28-10-11-36-21(15-28)14-27(2)3)29-9-8-23(25(29)33)30(37-16-31)38(34,35)22-7-5-18-12-20(26)6-4-19(18)13-22/h4-7,12-13,16-17,21,23H,8-11,14-15H2,1-3H3/t17-,21?,23-/m0/s1. The second-order valence-corrected chi connectivity index (χ2v) is 11.9. The number of hydrogen-bond acceptors (Lipinski definition) is 8. The second kappa shape index (κ2) is 11.5. The van der Waals surface area contributed by atoms with Crippen molar-refractivity contribution in [3.05, 3.63) is 41.4 Å². The van der Waals surface area contributed by atoms with Crippen molar-refractivity contribution >= 4 is 50.7 Å². The Hall–Kier alpha value is -2.77. The number of sulfonamides is 1. The number of ether oxygens (including phenoxy) is 1. The molecule has 4 rings (SSSR count). The Morgan fingerprint density at radius 2 is 1.92 bits per heavy atom. The van der Waals surface area contributed by atoms with Crippen LogP contribution in [0, 0.1) is 0 Å². The van der Waals surface area contributed by atoms with Gasteiger partial charge in [-0.05, 0) is 66.9 Å². The van der Waals surface area contributed by atoms with Gasteiger partial charge in [0.25, 0.3) is 10.0 Å². The SMILES string of the molecule is C[C@@H](C(=O)N1CCOC(CN(C)C)C1)N1CC[C@H](N(OC=O)S(=O)(=O)c2ccc3cc(Cl)ccc3c2)C1=O. The Bertz CT molecular complexity index is 1320. The molecule has 1 unspecified atom stereocenters. The lowest BCUT2D eigenvalue weighted by molar-refractivity contribution is -0.164. The summed E-state index contributed by atoms with van der Waals surface area (Å²) in [4.78, 5) is 47.7. The minimum absolute atomic E-state index is 0.0263. The average Bonchev–Trinajstić information content (AvgIpc) is 3.26. The van der Waals surface area contributed by atoms with E-state index in [0.29, 0.717) is 41.1 Å². The predicted octanol–water partition coefficient (Wildman–Crippen LogP) is 1.35. The molecule has 2 saturated heterocycles. The lowest BCUT2D eigenvalue weighted by Crippen LogP contribution is -2.55. The Balaban J connectivity index is 1.52. The van der Waals surface area contributed by atoms with Gasteiger partial charge in [-0.1, -0.05) is 23.7 Å². The number of hydroxylamine groups is 1. The topological polar surface area (TPSA) is 117 Å². The average molecular weight is 567 g/mol. The number of carbonyl (C=O) groups excluding carboxylic acids is 3. The molecule has 2 aliphatic heterocycles. The van der Waals surface area contributed by atoms with Crippen LogP contribution in [0.15, 0.2) is 41.3 Å². The molecular weight excluding hydrogens is 536 g/mol. The fraction of sp³-hybridized carbons (Fsp3) is 0.480. The van der Waals surface area contributed by atoms with E-state index in [1.54, 1.807) is 36.1 Å². The van der Waals surface area contributed by atoms with Gasteiger partial charge in [-0.15, -0.1) is 0 Å². The minimum Gasteiger partial charge on any atom is -0.373 e. The molecule has 11 nitrogen and oxygen atoms in total. The summed E-state index contributed by atoms with van der Waals surface area (Å²) in [6, 6.07) is 7.25. The van der Waals surface area contributed by atoms with Crippen LogP contribution < -0.4 is 0 Å². The third-order valence-electron chi connectivity index (χ3n) is 6.77. The zero-order chi connectivity index (χ0) is 27.6. The maximum absolute atomic E-state index is 13.5. The number of likely N-dealkylation sites (tertiary alicyclic amines) is 1. The summed E-state index contributed by atoms with van der Waals surface area (Å²) in [5.41, 5.74) is 0. The van der Waals surface area contributed by atoms with Crippen LogP contribution in [-0.2, 0) is 34.0 Å². The molecule has 0 spiro atoms. The van der Waals surface area contributed by atoms with E-state index in [0.717, 1.165) is 5.39 Å². The first-order valence-electron chi connectivity index (χ1n) is 12.2. The molecule has 0 N–H and O–H groups in total. The fourth-order valence-electron chi connectivity index (χ4n) is 4.90. The molecule has 2 amide bonds. The van der Waals surface area contributed by atoms with E-state index in [1.807, 2.05) is 19.0 Å². The van der Waals surface area contributed by atoms with Gasteiger partial charge in [0.15, 0.2) is 0 Å². The largest absolute Gasteiger partial charge is 0.373 e. The van der Waals surface area contributed by atoms with Gasteiger partial charge in [-0.3, -0.25) is 14.4 Å². The highest BCUT2D eigenvalue weighted by Gasteiger charge is 2.47. The molecule has 3 atom stereocenters. The normalized spacial score (nSPS) is 21.4. The van der Waals surface area contributed by atoms with Crippen molar-refractivity contribution in [3.63, 3.8) is 0 Å². The fourth-order valence-corrected chi connectivity index (χ4v) is 6.48. The number of rotatable bonds is 9. The molecule has 0 bridgehead atoms. The first-order valence-corrected chi connectivity index (χ1v) is 14.0. The van der Waals surface area contributed by atoms with Gasteiger partial charge in [-0.2, -0.15) is 0 Å². The summed E-state index contributed by atoms with van der Waals surface area (Å²) in [6.07, 6.45) is -0.0875. The first-order chi connectivity index (χ1) is 18.0.